The van der Waals surface area contributed by atoms with Crippen LogP contribution in [0.5, 0.6) is 5.06 Å². The summed E-state index contributed by atoms with van der Waals surface area (Å²) in [5, 5.41) is 2.35. The van der Waals surface area contributed by atoms with E-state index in [1.54, 1.807) is 0 Å². The minimum atomic E-state index is -0.849. The molecule has 1 aromatic heterocycles. The lowest BCUT2D eigenvalue weighted by Crippen LogP contribution is -2.14. The Morgan fingerprint density at radius 2 is 2.14 bits per heavy atom. The van der Waals surface area contributed by atoms with E-state index in [0.717, 1.165) is 5.56 Å². The molecule has 1 rings (SSSR count). The van der Waals surface area contributed by atoms with Gasteiger partial charge in [0.1, 0.15) is 0 Å². The first kappa shape index (κ1) is 10.9. The average molecular weight is 212 g/mol. The summed E-state index contributed by atoms with van der Waals surface area (Å²) < 4.78 is 4.87. The monoisotopic (exact) mass is 212 g/mol. The Labute approximate surface area is 86.7 Å². The first-order chi connectivity index (χ1) is 6.45. The second-order valence-electron chi connectivity index (χ2n) is 3.91. The summed E-state index contributed by atoms with van der Waals surface area (Å²) in [7, 11) is 0. The van der Waals surface area contributed by atoms with Crippen molar-refractivity contribution in [2.75, 3.05) is 0 Å². The van der Waals surface area contributed by atoms with Crippen molar-refractivity contribution in [2.24, 2.45) is 0 Å². The number of aldehydes is 1. The minimum absolute atomic E-state index is 0.0848. The van der Waals surface area contributed by atoms with Crippen molar-refractivity contribution < 1.29 is 14.3 Å². The Morgan fingerprint density at radius 3 is 2.64 bits per heavy atom. The fourth-order valence-electron chi connectivity index (χ4n) is 1.05. The molecule has 0 aromatic carbocycles. The van der Waals surface area contributed by atoms with Gasteiger partial charge >= 0.3 is 5.97 Å². The van der Waals surface area contributed by atoms with E-state index in [0.29, 0.717) is 5.06 Å². The van der Waals surface area contributed by atoms with Crippen LogP contribution in [-0.4, -0.2) is 12.3 Å². The number of rotatable bonds is 2. The zero-order valence-corrected chi connectivity index (χ0v) is 9.18. The second-order valence-corrected chi connectivity index (χ2v) is 4.79. The maximum Gasteiger partial charge on any atom is 0.377 e. The number of carbonyl (C=O) groups excluding carboxylic acids is 2. The van der Waals surface area contributed by atoms with Gasteiger partial charge < -0.3 is 4.74 Å². The fourth-order valence-corrected chi connectivity index (χ4v) is 2.01. The maximum atomic E-state index is 10.8. The normalized spacial score (nSPS) is 11.1. The highest BCUT2D eigenvalue weighted by atomic mass is 32.1. The van der Waals surface area contributed by atoms with Gasteiger partial charge in [0.2, 0.25) is 6.29 Å². The van der Waals surface area contributed by atoms with E-state index in [1.165, 1.54) is 11.3 Å². The molecule has 0 aliphatic rings. The smallest absolute Gasteiger partial charge is 0.377 e. The van der Waals surface area contributed by atoms with Gasteiger partial charge in [-0.05, 0) is 16.9 Å². The van der Waals surface area contributed by atoms with E-state index in [-0.39, 0.29) is 11.7 Å². The fraction of sp³-hybridized carbons (Fsp3) is 0.400. The van der Waals surface area contributed by atoms with Crippen LogP contribution in [0.2, 0.25) is 0 Å². The lowest BCUT2D eigenvalue weighted by molar-refractivity contribution is -0.141. The van der Waals surface area contributed by atoms with Crippen LogP contribution < -0.4 is 4.74 Å². The predicted octanol–water partition coefficient (Wildman–Crippen LogP) is 2.15. The molecule has 3 nitrogen and oxygen atoms in total. The number of ether oxygens (including phenoxy) is 1. The molecule has 0 atom stereocenters. The molecule has 76 valence electrons. The molecule has 0 fully saturated rings. The number of hydrogen-bond donors (Lipinski definition) is 0. The van der Waals surface area contributed by atoms with Crippen LogP contribution in [0.1, 0.15) is 26.3 Å². The molecule has 1 heterocycles. The highest BCUT2D eigenvalue weighted by Gasteiger charge is 2.21. The quantitative estimate of drug-likeness (QED) is 0.428. The molecule has 14 heavy (non-hydrogen) atoms. The van der Waals surface area contributed by atoms with E-state index in [1.807, 2.05) is 32.2 Å². The number of hydrogen-bond acceptors (Lipinski definition) is 4. The Balaban J connectivity index is 2.94. The van der Waals surface area contributed by atoms with Gasteiger partial charge in [0.05, 0.1) is 0 Å². The molecule has 0 saturated heterocycles. The largest absolute Gasteiger partial charge is 0.410 e. The third kappa shape index (κ3) is 2.42. The molecule has 0 saturated carbocycles. The van der Waals surface area contributed by atoms with Gasteiger partial charge in [-0.1, -0.05) is 20.8 Å². The highest BCUT2D eigenvalue weighted by Crippen LogP contribution is 2.35. The van der Waals surface area contributed by atoms with Crippen molar-refractivity contribution in [3.63, 3.8) is 0 Å². The average Bonchev–Trinajstić information content (AvgIpc) is 2.51. The summed E-state index contributed by atoms with van der Waals surface area (Å²) in [6.07, 6.45) is 0.173. The van der Waals surface area contributed by atoms with Crippen LogP contribution in [0.15, 0.2) is 11.4 Å². The van der Waals surface area contributed by atoms with Gasteiger partial charge in [-0.3, -0.25) is 4.79 Å². The van der Waals surface area contributed by atoms with Crippen molar-refractivity contribution in [2.45, 2.75) is 26.2 Å². The Kier molecular flexibility index (Phi) is 3.06. The van der Waals surface area contributed by atoms with Gasteiger partial charge in [0.15, 0.2) is 5.06 Å². The first-order valence-electron chi connectivity index (χ1n) is 4.20. The summed E-state index contributed by atoms with van der Waals surface area (Å²) >= 11 is 1.32. The molecule has 4 heteroatoms. The maximum absolute atomic E-state index is 10.8. The summed E-state index contributed by atoms with van der Waals surface area (Å²) in [4.78, 5) is 20.9. The lowest BCUT2D eigenvalue weighted by Gasteiger charge is -2.18. The highest BCUT2D eigenvalue weighted by molar-refractivity contribution is 7.12. The van der Waals surface area contributed by atoms with Gasteiger partial charge in [-0.2, -0.15) is 0 Å². The van der Waals surface area contributed by atoms with Crippen molar-refractivity contribution in [1.82, 2.24) is 0 Å². The van der Waals surface area contributed by atoms with Crippen molar-refractivity contribution in [3.05, 3.63) is 17.0 Å². The van der Waals surface area contributed by atoms with Gasteiger partial charge in [0.25, 0.3) is 0 Å². The summed E-state index contributed by atoms with van der Waals surface area (Å²) in [5.74, 6) is -0.849. The van der Waals surface area contributed by atoms with Crippen molar-refractivity contribution in [1.29, 1.82) is 0 Å². The van der Waals surface area contributed by atoms with Gasteiger partial charge in [0, 0.05) is 5.56 Å². The van der Waals surface area contributed by atoms with E-state index in [2.05, 4.69) is 0 Å². The predicted molar refractivity (Wildman–Crippen MR) is 54.7 cm³/mol. The molecule has 0 radical (unpaired) electrons. The van der Waals surface area contributed by atoms with Gasteiger partial charge in [-0.25, -0.2) is 4.79 Å². The SMILES string of the molecule is CC(C)(C)c1ccsc1OC(=O)C=O. The molecule has 0 unspecified atom stereocenters. The zero-order chi connectivity index (χ0) is 10.8. The lowest BCUT2D eigenvalue weighted by atomic mass is 9.89. The summed E-state index contributed by atoms with van der Waals surface area (Å²) in [6.45, 7) is 6.06. The first-order valence-corrected chi connectivity index (χ1v) is 5.08. The Bertz CT molecular complexity index is 346. The van der Waals surface area contributed by atoms with E-state index in [9.17, 15) is 9.59 Å². The van der Waals surface area contributed by atoms with Gasteiger partial charge in [-0.15, -0.1) is 11.3 Å². The Hall–Kier alpha value is -1.16. The topological polar surface area (TPSA) is 43.4 Å². The summed E-state index contributed by atoms with van der Waals surface area (Å²) in [5.41, 5.74) is 0.857. The van der Waals surface area contributed by atoms with Crippen LogP contribution in [0.4, 0.5) is 0 Å². The minimum Gasteiger partial charge on any atom is -0.410 e. The molecule has 0 amide bonds. The molecule has 1 aromatic rings. The number of thiophene rings is 1. The zero-order valence-electron chi connectivity index (χ0n) is 8.37. The third-order valence-corrected chi connectivity index (χ3v) is 2.52. The van der Waals surface area contributed by atoms with E-state index in [4.69, 9.17) is 4.74 Å². The van der Waals surface area contributed by atoms with Crippen LogP contribution in [0.3, 0.4) is 0 Å². The van der Waals surface area contributed by atoms with Crippen molar-refractivity contribution in [3.8, 4) is 5.06 Å². The third-order valence-electron chi connectivity index (χ3n) is 1.73. The van der Waals surface area contributed by atoms with Crippen LogP contribution in [0.25, 0.3) is 0 Å². The van der Waals surface area contributed by atoms with Crippen LogP contribution in [0, 0.1) is 0 Å². The van der Waals surface area contributed by atoms with Crippen LogP contribution >= 0.6 is 11.3 Å². The standard InChI is InChI=1S/C10H12O3S/c1-10(2,3)7-4-5-14-9(7)13-8(12)6-11/h4-6H,1-3H3. The molecule has 0 N–H and O–H groups in total. The molecule has 0 aliphatic heterocycles. The summed E-state index contributed by atoms with van der Waals surface area (Å²) in [6, 6.07) is 1.90. The number of carbonyl (C=O) groups is 2. The molecule has 0 aliphatic carbocycles. The molecular formula is C10H12O3S. The van der Waals surface area contributed by atoms with E-state index >= 15 is 0 Å². The van der Waals surface area contributed by atoms with E-state index < -0.39 is 5.97 Å². The Morgan fingerprint density at radius 1 is 1.50 bits per heavy atom. The second kappa shape index (κ2) is 3.92. The molecule has 0 bridgehead atoms. The van der Waals surface area contributed by atoms with Crippen molar-refractivity contribution >= 4 is 23.6 Å². The van der Waals surface area contributed by atoms with Crippen LogP contribution in [-0.2, 0) is 15.0 Å². The number of esters is 1. The molecule has 0 spiro atoms. The molecular weight excluding hydrogens is 200 g/mol.